The van der Waals surface area contributed by atoms with E-state index in [2.05, 4.69) is 31.2 Å². The number of aromatic nitrogens is 1. The zero-order valence-corrected chi connectivity index (χ0v) is 20.3. The van der Waals surface area contributed by atoms with E-state index in [1.54, 1.807) is 54.6 Å². The molecule has 3 rings (SSSR count). The van der Waals surface area contributed by atoms with Gasteiger partial charge in [0.15, 0.2) is 11.6 Å². The van der Waals surface area contributed by atoms with Crippen molar-refractivity contribution in [3.8, 4) is 5.75 Å². The van der Waals surface area contributed by atoms with Crippen molar-refractivity contribution in [1.82, 2.24) is 15.6 Å². The van der Waals surface area contributed by atoms with Gasteiger partial charge in [0.2, 0.25) is 12.7 Å². The number of nitrogens with two attached hydrogens (primary N) is 1. The smallest absolute Gasteiger partial charge is 0.410 e. The summed E-state index contributed by atoms with van der Waals surface area (Å²) >= 11 is 0. The van der Waals surface area contributed by atoms with E-state index in [9.17, 15) is 14.4 Å². The molecule has 37 heavy (non-hydrogen) atoms. The van der Waals surface area contributed by atoms with E-state index in [0.717, 1.165) is 0 Å². The number of para-hydroxylation sites is 1. The van der Waals surface area contributed by atoms with Crippen molar-refractivity contribution >= 4 is 40.9 Å². The summed E-state index contributed by atoms with van der Waals surface area (Å²) in [4.78, 5) is 39.9. The van der Waals surface area contributed by atoms with Gasteiger partial charge in [-0.1, -0.05) is 30.3 Å². The van der Waals surface area contributed by atoms with Crippen LogP contribution in [0.4, 0.5) is 27.8 Å². The van der Waals surface area contributed by atoms with Crippen LogP contribution < -0.4 is 26.4 Å². The molecule has 3 amide bonds. The maximum absolute atomic E-state index is 12.2. The van der Waals surface area contributed by atoms with Crippen LogP contribution in [-0.2, 0) is 9.53 Å². The molecule has 0 atom stereocenters. The van der Waals surface area contributed by atoms with Gasteiger partial charge in [0.05, 0.1) is 6.54 Å². The number of benzene rings is 2. The van der Waals surface area contributed by atoms with Crippen molar-refractivity contribution in [1.29, 1.82) is 0 Å². The summed E-state index contributed by atoms with van der Waals surface area (Å²) in [5.74, 6) is -0.274. The second-order valence-electron chi connectivity index (χ2n) is 7.86. The van der Waals surface area contributed by atoms with Gasteiger partial charge in [0.1, 0.15) is 17.2 Å². The number of amides is 3. The number of alkyl carbamates (subject to hydrolysis) is 1. The Balaban J connectivity index is 1.55. The van der Waals surface area contributed by atoms with Crippen LogP contribution in [0.3, 0.4) is 0 Å². The van der Waals surface area contributed by atoms with Crippen molar-refractivity contribution in [2.45, 2.75) is 19.9 Å². The molecule has 12 heteroatoms. The number of hydrogen-bond acceptors (Lipinski definition) is 9. The Morgan fingerprint density at radius 2 is 1.65 bits per heavy atom. The fraction of sp³-hybridized carbons (Fsp3) is 0.200. The molecule has 12 nitrogen and oxygen atoms in total. The molecule has 0 fully saturated rings. The lowest BCUT2D eigenvalue weighted by atomic mass is 10.2. The standard InChI is InChI=1S/C25H27N7O5/c1-16(2)28-25(35)37-15-36-20-11-7-6-10-18(20)31-32-19-12-13-21(30-23(19)26)29-22(33)14-27-24(34)17-8-4-3-5-9-17/h3-13,16H,14-15H2,1-2H3,(H,27,34)(H,28,35)(H3,26,29,30,33)/b32-31+. The van der Waals surface area contributed by atoms with E-state index in [1.165, 1.54) is 12.1 Å². The fourth-order valence-electron chi connectivity index (χ4n) is 2.85. The largest absolute Gasteiger partial charge is 0.455 e. The van der Waals surface area contributed by atoms with Crippen molar-refractivity contribution < 1.29 is 23.9 Å². The minimum absolute atomic E-state index is 0.0296. The van der Waals surface area contributed by atoms with Crippen LogP contribution in [0.15, 0.2) is 77.0 Å². The summed E-state index contributed by atoms with van der Waals surface area (Å²) in [6.45, 7) is 3.07. The van der Waals surface area contributed by atoms with Crippen LogP contribution in [0, 0.1) is 0 Å². The molecule has 5 N–H and O–H groups in total. The Bertz CT molecular complexity index is 1270. The molecule has 0 aliphatic heterocycles. The Hall–Kier alpha value is -5.00. The number of azo groups is 1. The molecule has 3 aromatic rings. The number of nitrogens with zero attached hydrogens (tertiary/aromatic N) is 3. The molecular weight excluding hydrogens is 478 g/mol. The highest BCUT2D eigenvalue weighted by Gasteiger charge is 2.10. The van der Waals surface area contributed by atoms with E-state index in [4.69, 9.17) is 15.2 Å². The molecule has 192 valence electrons. The molecule has 1 aromatic heterocycles. The average molecular weight is 506 g/mol. The molecule has 2 aromatic carbocycles. The number of ether oxygens (including phenoxy) is 2. The predicted molar refractivity (Wildman–Crippen MR) is 137 cm³/mol. The van der Waals surface area contributed by atoms with Crippen molar-refractivity contribution in [2.24, 2.45) is 10.2 Å². The maximum Gasteiger partial charge on any atom is 0.410 e. The molecule has 0 radical (unpaired) electrons. The molecule has 0 aliphatic carbocycles. The van der Waals surface area contributed by atoms with E-state index in [-0.39, 0.29) is 42.6 Å². The van der Waals surface area contributed by atoms with Gasteiger partial charge in [-0.2, -0.15) is 0 Å². The quantitative estimate of drug-likeness (QED) is 0.239. The van der Waals surface area contributed by atoms with Crippen LogP contribution in [0.1, 0.15) is 24.2 Å². The third-order valence-corrected chi connectivity index (χ3v) is 4.56. The van der Waals surface area contributed by atoms with Crippen LogP contribution in [-0.4, -0.2) is 42.3 Å². The second kappa shape index (κ2) is 13.2. The SMILES string of the molecule is CC(C)NC(=O)OCOc1ccccc1/N=N/c1ccc(NC(=O)CNC(=O)c2ccccc2)nc1N. The molecule has 1 heterocycles. The maximum atomic E-state index is 12.2. The van der Waals surface area contributed by atoms with E-state index < -0.39 is 12.0 Å². The lowest BCUT2D eigenvalue weighted by Crippen LogP contribution is -2.33. The highest BCUT2D eigenvalue weighted by molar-refractivity contribution is 5.99. The highest BCUT2D eigenvalue weighted by atomic mass is 16.7. The lowest BCUT2D eigenvalue weighted by molar-refractivity contribution is -0.115. The fourth-order valence-corrected chi connectivity index (χ4v) is 2.85. The second-order valence-corrected chi connectivity index (χ2v) is 7.86. The molecule has 0 unspecified atom stereocenters. The van der Waals surface area contributed by atoms with Gasteiger partial charge >= 0.3 is 6.09 Å². The van der Waals surface area contributed by atoms with Gasteiger partial charge in [0.25, 0.3) is 5.91 Å². The number of pyridine rings is 1. The molecule has 0 bridgehead atoms. The number of hydrogen-bond donors (Lipinski definition) is 4. The Morgan fingerprint density at radius 3 is 2.38 bits per heavy atom. The van der Waals surface area contributed by atoms with E-state index >= 15 is 0 Å². The van der Waals surface area contributed by atoms with Gasteiger partial charge in [-0.05, 0) is 50.2 Å². The number of carbonyl (C=O) groups excluding carboxylic acids is 3. The first kappa shape index (κ1) is 26.6. The molecule has 0 spiro atoms. The summed E-state index contributed by atoms with van der Waals surface area (Å²) in [5, 5.41) is 15.9. The Kier molecular flexibility index (Phi) is 9.48. The van der Waals surface area contributed by atoms with Gasteiger partial charge in [-0.3, -0.25) is 9.59 Å². The minimum atomic E-state index is -0.598. The van der Waals surface area contributed by atoms with Crippen LogP contribution in [0.5, 0.6) is 5.75 Å². The normalized spacial score (nSPS) is 10.7. The zero-order valence-electron chi connectivity index (χ0n) is 20.3. The lowest BCUT2D eigenvalue weighted by Gasteiger charge is -2.11. The summed E-state index contributed by atoms with van der Waals surface area (Å²) in [7, 11) is 0. The third kappa shape index (κ3) is 8.62. The number of nitrogen functional groups attached to an aromatic ring is 1. The van der Waals surface area contributed by atoms with Gasteiger partial charge in [-0.15, -0.1) is 10.2 Å². The van der Waals surface area contributed by atoms with Gasteiger partial charge in [-0.25, -0.2) is 9.78 Å². The molecule has 0 saturated heterocycles. The highest BCUT2D eigenvalue weighted by Crippen LogP contribution is 2.30. The molecule has 0 saturated carbocycles. The van der Waals surface area contributed by atoms with E-state index in [0.29, 0.717) is 17.0 Å². The molecular formula is C25H27N7O5. The Labute approximate surface area is 213 Å². The van der Waals surface area contributed by atoms with Crippen LogP contribution in [0.2, 0.25) is 0 Å². The minimum Gasteiger partial charge on any atom is -0.455 e. The van der Waals surface area contributed by atoms with E-state index in [1.807, 2.05) is 13.8 Å². The monoisotopic (exact) mass is 505 g/mol. The summed E-state index contributed by atoms with van der Waals surface area (Å²) in [5.41, 5.74) is 7.05. The molecule has 0 aliphatic rings. The topological polar surface area (TPSA) is 169 Å². The van der Waals surface area contributed by atoms with Crippen molar-refractivity contribution in [3.05, 3.63) is 72.3 Å². The first-order chi connectivity index (χ1) is 17.8. The summed E-state index contributed by atoms with van der Waals surface area (Å²) in [6.07, 6.45) is -0.598. The number of rotatable bonds is 10. The van der Waals surface area contributed by atoms with Crippen molar-refractivity contribution in [3.63, 3.8) is 0 Å². The summed E-state index contributed by atoms with van der Waals surface area (Å²) in [6, 6.07) is 18.3. The zero-order chi connectivity index (χ0) is 26.6. The third-order valence-electron chi connectivity index (χ3n) is 4.56. The first-order valence-corrected chi connectivity index (χ1v) is 11.3. The first-order valence-electron chi connectivity index (χ1n) is 11.3. The van der Waals surface area contributed by atoms with Crippen LogP contribution >= 0.6 is 0 Å². The van der Waals surface area contributed by atoms with Crippen molar-refractivity contribution in [2.75, 3.05) is 24.4 Å². The van der Waals surface area contributed by atoms with Crippen LogP contribution in [0.25, 0.3) is 0 Å². The number of nitrogens with one attached hydrogen (secondary N) is 3. The Morgan fingerprint density at radius 1 is 0.946 bits per heavy atom. The van der Waals surface area contributed by atoms with Gasteiger partial charge < -0.3 is 31.2 Å². The summed E-state index contributed by atoms with van der Waals surface area (Å²) < 4.78 is 10.4. The average Bonchev–Trinajstić information content (AvgIpc) is 2.87. The number of anilines is 2. The predicted octanol–water partition coefficient (Wildman–Crippen LogP) is 3.92. The number of carbonyl (C=O) groups is 3. The van der Waals surface area contributed by atoms with Gasteiger partial charge in [0, 0.05) is 11.6 Å².